The Balaban J connectivity index is 1.58. The van der Waals surface area contributed by atoms with Crippen LogP contribution in [-0.2, 0) is 19.3 Å². The Morgan fingerprint density at radius 1 is 1.10 bits per heavy atom. The van der Waals surface area contributed by atoms with E-state index in [1.165, 1.54) is 6.20 Å². The van der Waals surface area contributed by atoms with E-state index in [0.717, 1.165) is 16.1 Å². The number of hydrogen-bond donors (Lipinski definition) is 0. The average Bonchev–Trinajstić information content (AvgIpc) is 3.01. The van der Waals surface area contributed by atoms with Gasteiger partial charge in [0.05, 0.1) is 5.56 Å². The van der Waals surface area contributed by atoms with Crippen LogP contribution in [0.5, 0.6) is 11.6 Å². The molecule has 0 spiro atoms. The molecule has 0 bridgehead atoms. The summed E-state index contributed by atoms with van der Waals surface area (Å²) in [6.45, 7) is 0.674. The van der Waals surface area contributed by atoms with Crippen LogP contribution in [0.1, 0.15) is 27.0 Å². The summed E-state index contributed by atoms with van der Waals surface area (Å²) in [4.78, 5) is 18.5. The number of fused-ring (bicyclic) bond motifs is 1. The highest BCUT2D eigenvalue weighted by atomic mass is 79.9. The van der Waals surface area contributed by atoms with Crippen molar-refractivity contribution < 1.29 is 27.1 Å². The molecule has 4 rings (SSSR count). The SMILES string of the molecule is O=C1c2c(ccnc2Oc2ccc(C(F)(F)F)cc2F)CN1Cc1ccc(Br)cc1. The number of nitrogens with zero attached hydrogens (tertiary/aromatic N) is 2. The van der Waals surface area contributed by atoms with E-state index in [4.69, 9.17) is 4.74 Å². The van der Waals surface area contributed by atoms with E-state index in [1.54, 1.807) is 11.0 Å². The van der Waals surface area contributed by atoms with Crippen molar-refractivity contribution in [1.29, 1.82) is 0 Å². The molecule has 1 aliphatic heterocycles. The number of carbonyl (C=O) groups is 1. The predicted octanol–water partition coefficient (Wildman–Crippen LogP) is 5.95. The van der Waals surface area contributed by atoms with Gasteiger partial charge in [-0.15, -0.1) is 0 Å². The van der Waals surface area contributed by atoms with Crippen LogP contribution in [0.2, 0.25) is 0 Å². The summed E-state index contributed by atoms with van der Waals surface area (Å²) in [5.41, 5.74) is 0.613. The van der Waals surface area contributed by atoms with Gasteiger partial charge in [0.2, 0.25) is 5.88 Å². The van der Waals surface area contributed by atoms with Gasteiger partial charge in [0.25, 0.3) is 5.91 Å². The molecule has 0 fully saturated rings. The molecule has 4 nitrogen and oxygen atoms in total. The van der Waals surface area contributed by atoms with Crippen LogP contribution in [-0.4, -0.2) is 15.8 Å². The average molecular weight is 481 g/mol. The lowest BCUT2D eigenvalue weighted by Gasteiger charge is -2.16. The van der Waals surface area contributed by atoms with Crippen molar-refractivity contribution in [2.75, 3.05) is 0 Å². The number of carbonyl (C=O) groups excluding carboxylic acids is 1. The molecule has 0 aliphatic carbocycles. The Hall–Kier alpha value is -2.94. The molecule has 0 saturated heterocycles. The minimum absolute atomic E-state index is 0.144. The van der Waals surface area contributed by atoms with Crippen LogP contribution in [0.4, 0.5) is 17.6 Å². The third kappa shape index (κ3) is 4.02. The molecule has 0 N–H and O–H groups in total. The van der Waals surface area contributed by atoms with Crippen molar-refractivity contribution >= 4 is 21.8 Å². The van der Waals surface area contributed by atoms with E-state index in [1.807, 2.05) is 24.3 Å². The van der Waals surface area contributed by atoms with Crippen LogP contribution < -0.4 is 4.74 Å². The molecule has 0 unspecified atom stereocenters. The quantitative estimate of drug-likeness (QED) is 0.433. The number of halogens is 5. The minimum Gasteiger partial charge on any atom is -0.435 e. The van der Waals surface area contributed by atoms with Crippen LogP contribution in [0, 0.1) is 5.82 Å². The first-order valence-electron chi connectivity index (χ1n) is 8.78. The van der Waals surface area contributed by atoms with E-state index < -0.39 is 23.3 Å². The summed E-state index contributed by atoms with van der Waals surface area (Å²) in [5, 5.41) is 0. The molecule has 0 atom stereocenters. The van der Waals surface area contributed by atoms with Gasteiger partial charge in [-0.3, -0.25) is 4.79 Å². The van der Waals surface area contributed by atoms with E-state index >= 15 is 0 Å². The van der Waals surface area contributed by atoms with Gasteiger partial charge in [-0.1, -0.05) is 28.1 Å². The predicted molar refractivity (Wildman–Crippen MR) is 103 cm³/mol. The highest BCUT2D eigenvalue weighted by Crippen LogP contribution is 2.36. The molecule has 0 saturated carbocycles. The molecular formula is C21H13BrF4N2O2. The molecule has 1 aromatic heterocycles. The van der Waals surface area contributed by atoms with Gasteiger partial charge < -0.3 is 9.64 Å². The highest BCUT2D eigenvalue weighted by Gasteiger charge is 2.33. The van der Waals surface area contributed by atoms with E-state index in [9.17, 15) is 22.4 Å². The number of hydrogen-bond acceptors (Lipinski definition) is 3. The number of aromatic nitrogens is 1. The maximum Gasteiger partial charge on any atom is 0.416 e. The maximum absolute atomic E-state index is 14.2. The summed E-state index contributed by atoms with van der Waals surface area (Å²) in [6, 6.07) is 11.1. The highest BCUT2D eigenvalue weighted by molar-refractivity contribution is 9.10. The van der Waals surface area contributed by atoms with Crippen LogP contribution in [0.3, 0.4) is 0 Å². The molecule has 2 aromatic carbocycles. The van der Waals surface area contributed by atoms with Gasteiger partial charge in [-0.05, 0) is 47.5 Å². The first-order chi connectivity index (χ1) is 14.2. The molecular weight excluding hydrogens is 468 g/mol. The molecule has 9 heteroatoms. The summed E-state index contributed by atoms with van der Waals surface area (Å²) < 4.78 is 58.7. The zero-order valence-corrected chi connectivity index (χ0v) is 16.8. The van der Waals surface area contributed by atoms with Gasteiger partial charge in [0.15, 0.2) is 11.6 Å². The van der Waals surface area contributed by atoms with Gasteiger partial charge in [-0.2, -0.15) is 13.2 Å². The summed E-state index contributed by atoms with van der Waals surface area (Å²) >= 11 is 3.36. The second-order valence-electron chi connectivity index (χ2n) is 6.68. The third-order valence-corrected chi connectivity index (χ3v) is 5.15. The molecule has 0 radical (unpaired) electrons. The number of pyridine rings is 1. The summed E-state index contributed by atoms with van der Waals surface area (Å²) in [7, 11) is 0. The van der Waals surface area contributed by atoms with Gasteiger partial charge >= 0.3 is 6.18 Å². The van der Waals surface area contributed by atoms with Crippen molar-refractivity contribution in [2.45, 2.75) is 19.3 Å². The largest absolute Gasteiger partial charge is 0.435 e. The first-order valence-corrected chi connectivity index (χ1v) is 9.58. The van der Waals surface area contributed by atoms with Crippen molar-refractivity contribution in [1.82, 2.24) is 9.88 Å². The monoisotopic (exact) mass is 480 g/mol. The molecule has 1 amide bonds. The van der Waals surface area contributed by atoms with Crippen molar-refractivity contribution in [3.8, 4) is 11.6 Å². The molecule has 1 aliphatic rings. The van der Waals surface area contributed by atoms with Gasteiger partial charge in [0.1, 0.15) is 5.56 Å². The fourth-order valence-electron chi connectivity index (χ4n) is 3.16. The van der Waals surface area contributed by atoms with Crippen molar-refractivity contribution in [3.05, 3.63) is 87.3 Å². The van der Waals surface area contributed by atoms with E-state index in [-0.39, 0.29) is 17.4 Å². The Morgan fingerprint density at radius 2 is 1.83 bits per heavy atom. The smallest absolute Gasteiger partial charge is 0.416 e. The summed E-state index contributed by atoms with van der Waals surface area (Å²) in [5.74, 6) is -2.12. The number of amides is 1. The zero-order chi connectivity index (χ0) is 21.5. The molecule has 3 aromatic rings. The van der Waals surface area contributed by atoms with Gasteiger partial charge in [-0.25, -0.2) is 9.37 Å². The minimum atomic E-state index is -4.67. The van der Waals surface area contributed by atoms with Crippen LogP contribution in [0.25, 0.3) is 0 Å². The Bertz CT molecular complexity index is 1120. The number of ether oxygens (including phenoxy) is 1. The summed E-state index contributed by atoms with van der Waals surface area (Å²) in [6.07, 6.45) is -3.26. The molecule has 154 valence electrons. The van der Waals surface area contributed by atoms with Crippen molar-refractivity contribution in [3.63, 3.8) is 0 Å². The Kier molecular flexibility index (Phi) is 5.23. The Labute approximate surface area is 177 Å². The lowest BCUT2D eigenvalue weighted by molar-refractivity contribution is -0.137. The van der Waals surface area contributed by atoms with Crippen LogP contribution in [0.15, 0.2) is 59.2 Å². The number of rotatable bonds is 4. The van der Waals surface area contributed by atoms with E-state index in [0.29, 0.717) is 30.8 Å². The fraction of sp³-hybridized carbons (Fsp3) is 0.143. The number of alkyl halides is 3. The second-order valence-corrected chi connectivity index (χ2v) is 7.60. The standard InChI is InChI=1S/C21H13BrF4N2O2/c22-15-4-1-12(2-5-15)10-28-11-13-7-8-27-19(18(13)20(28)29)30-17-6-3-14(9-16(17)23)21(24,25)26/h1-9H,10-11H2. The second kappa shape index (κ2) is 7.71. The lowest BCUT2D eigenvalue weighted by Crippen LogP contribution is -2.23. The fourth-order valence-corrected chi connectivity index (χ4v) is 3.42. The zero-order valence-electron chi connectivity index (χ0n) is 15.2. The third-order valence-electron chi connectivity index (χ3n) is 4.62. The Morgan fingerprint density at radius 3 is 2.50 bits per heavy atom. The van der Waals surface area contributed by atoms with Crippen LogP contribution >= 0.6 is 15.9 Å². The lowest BCUT2D eigenvalue weighted by atomic mass is 10.1. The molecule has 2 heterocycles. The van der Waals surface area contributed by atoms with E-state index in [2.05, 4.69) is 20.9 Å². The van der Waals surface area contributed by atoms with Gasteiger partial charge in [0, 0.05) is 23.8 Å². The topological polar surface area (TPSA) is 42.4 Å². The van der Waals surface area contributed by atoms with Crippen molar-refractivity contribution in [2.24, 2.45) is 0 Å². The number of benzene rings is 2. The first kappa shape index (κ1) is 20.3. The normalized spacial score (nSPS) is 13.5. The molecule has 30 heavy (non-hydrogen) atoms. The maximum atomic E-state index is 14.2.